The molecule has 1 aromatic rings. The number of methoxy groups -OCH3 is 1. The maximum atomic E-state index is 12.0. The van der Waals surface area contributed by atoms with Crippen LogP contribution in [0.3, 0.4) is 0 Å². The fourth-order valence-electron chi connectivity index (χ4n) is 2.78. The van der Waals surface area contributed by atoms with E-state index in [9.17, 15) is 4.79 Å². The average Bonchev–Trinajstić information content (AvgIpc) is 2.84. The summed E-state index contributed by atoms with van der Waals surface area (Å²) in [4.78, 5) is 14.2. The van der Waals surface area contributed by atoms with Gasteiger partial charge in [0.1, 0.15) is 11.4 Å². The summed E-state index contributed by atoms with van der Waals surface area (Å²) in [5.74, 6) is 0.703. The van der Waals surface area contributed by atoms with E-state index in [0.29, 0.717) is 6.54 Å². The minimum absolute atomic E-state index is 0.155. The van der Waals surface area contributed by atoms with Crippen LogP contribution in [0.1, 0.15) is 45.2 Å². The number of benzene rings is 1. The van der Waals surface area contributed by atoms with E-state index in [4.69, 9.17) is 9.47 Å². The van der Waals surface area contributed by atoms with Crippen LogP contribution in [0.15, 0.2) is 24.3 Å². The lowest BCUT2D eigenvalue weighted by molar-refractivity contribution is -0.156. The molecule has 1 saturated heterocycles. The number of hydrogen-bond donors (Lipinski definition) is 0. The number of esters is 1. The van der Waals surface area contributed by atoms with Gasteiger partial charge in [-0.15, -0.1) is 0 Å². The Balaban J connectivity index is 2.04. The van der Waals surface area contributed by atoms with E-state index in [0.717, 1.165) is 25.1 Å². The third-order valence-corrected chi connectivity index (χ3v) is 3.59. The molecule has 1 aliphatic rings. The molecule has 0 spiro atoms. The van der Waals surface area contributed by atoms with Crippen molar-refractivity contribution < 1.29 is 14.3 Å². The summed E-state index contributed by atoms with van der Waals surface area (Å²) >= 11 is 0. The van der Waals surface area contributed by atoms with Gasteiger partial charge in [-0.1, -0.05) is 12.1 Å². The molecule has 0 aromatic heterocycles. The zero-order valence-corrected chi connectivity index (χ0v) is 13.4. The minimum atomic E-state index is -0.428. The minimum Gasteiger partial charge on any atom is -0.497 e. The second-order valence-corrected chi connectivity index (χ2v) is 6.49. The van der Waals surface area contributed by atoms with Crippen molar-refractivity contribution in [2.45, 2.75) is 45.3 Å². The van der Waals surface area contributed by atoms with E-state index in [-0.39, 0.29) is 12.0 Å². The Kier molecular flexibility index (Phi) is 4.88. The highest BCUT2D eigenvalue weighted by molar-refractivity contribution is 5.72. The normalized spacial score (nSPS) is 19.5. The smallest absolute Gasteiger partial charge is 0.320 e. The highest BCUT2D eigenvalue weighted by Gasteiger charge is 2.29. The van der Waals surface area contributed by atoms with Crippen LogP contribution >= 0.6 is 0 Å². The van der Waals surface area contributed by atoms with Crippen molar-refractivity contribution in [3.05, 3.63) is 29.8 Å². The first-order valence-electron chi connectivity index (χ1n) is 7.49. The Labute approximate surface area is 127 Å². The van der Waals surface area contributed by atoms with Gasteiger partial charge >= 0.3 is 5.97 Å². The van der Waals surface area contributed by atoms with Crippen molar-refractivity contribution >= 4 is 5.97 Å². The van der Waals surface area contributed by atoms with Gasteiger partial charge in [0, 0.05) is 6.04 Å². The second kappa shape index (κ2) is 6.48. The molecule has 4 heteroatoms. The highest BCUT2D eigenvalue weighted by Crippen LogP contribution is 2.33. The maximum absolute atomic E-state index is 12.0. The molecular formula is C17H25NO3. The van der Waals surface area contributed by atoms with Gasteiger partial charge in [-0.2, -0.15) is 0 Å². The Morgan fingerprint density at radius 3 is 2.81 bits per heavy atom. The molecule has 2 rings (SSSR count). The average molecular weight is 291 g/mol. The molecule has 1 fully saturated rings. The third kappa shape index (κ3) is 4.46. The van der Waals surface area contributed by atoms with Gasteiger partial charge in [-0.25, -0.2) is 0 Å². The Morgan fingerprint density at radius 1 is 1.38 bits per heavy atom. The third-order valence-electron chi connectivity index (χ3n) is 3.59. The van der Waals surface area contributed by atoms with Gasteiger partial charge < -0.3 is 9.47 Å². The molecule has 0 N–H and O–H groups in total. The van der Waals surface area contributed by atoms with Crippen molar-refractivity contribution in [3.63, 3.8) is 0 Å². The van der Waals surface area contributed by atoms with Crippen LogP contribution in [-0.4, -0.2) is 36.7 Å². The largest absolute Gasteiger partial charge is 0.497 e. The molecule has 0 bridgehead atoms. The SMILES string of the molecule is COc1cccc(C2CCCN2CC(=O)OC(C)(C)C)c1. The number of ether oxygens (including phenoxy) is 2. The van der Waals surface area contributed by atoms with Crippen LogP contribution in [0.4, 0.5) is 0 Å². The van der Waals surface area contributed by atoms with E-state index in [1.165, 1.54) is 5.56 Å². The quantitative estimate of drug-likeness (QED) is 0.799. The van der Waals surface area contributed by atoms with Crippen LogP contribution in [0, 0.1) is 0 Å². The van der Waals surface area contributed by atoms with E-state index >= 15 is 0 Å². The predicted octanol–water partition coefficient (Wildman–Crippen LogP) is 3.17. The van der Waals surface area contributed by atoms with Crippen LogP contribution in [0.5, 0.6) is 5.75 Å². The predicted molar refractivity (Wildman–Crippen MR) is 82.4 cm³/mol. The summed E-state index contributed by atoms with van der Waals surface area (Å²) in [6, 6.07) is 8.36. The zero-order chi connectivity index (χ0) is 15.5. The number of nitrogens with zero attached hydrogens (tertiary/aromatic N) is 1. The Bertz CT molecular complexity index is 493. The van der Waals surface area contributed by atoms with Crippen LogP contribution in [-0.2, 0) is 9.53 Å². The molecule has 0 aliphatic carbocycles. The lowest BCUT2D eigenvalue weighted by atomic mass is 10.0. The van der Waals surface area contributed by atoms with Gasteiger partial charge in [0.25, 0.3) is 0 Å². The first kappa shape index (κ1) is 15.8. The molecule has 0 amide bonds. The fraction of sp³-hybridized carbons (Fsp3) is 0.588. The van der Waals surface area contributed by atoms with Gasteiger partial charge in [-0.05, 0) is 57.9 Å². The monoisotopic (exact) mass is 291 g/mol. The van der Waals surface area contributed by atoms with Gasteiger partial charge in [0.2, 0.25) is 0 Å². The molecule has 1 unspecified atom stereocenters. The number of carbonyl (C=O) groups is 1. The number of carbonyl (C=O) groups excluding carboxylic acids is 1. The molecule has 1 heterocycles. The molecule has 1 aromatic carbocycles. The lowest BCUT2D eigenvalue weighted by Gasteiger charge is -2.26. The molecule has 0 radical (unpaired) electrons. The maximum Gasteiger partial charge on any atom is 0.320 e. The Morgan fingerprint density at radius 2 is 2.14 bits per heavy atom. The highest BCUT2D eigenvalue weighted by atomic mass is 16.6. The first-order valence-corrected chi connectivity index (χ1v) is 7.49. The van der Waals surface area contributed by atoms with E-state index in [1.807, 2.05) is 32.9 Å². The molecule has 1 atom stereocenters. The summed E-state index contributed by atoms with van der Waals surface area (Å²) in [7, 11) is 1.67. The fourth-order valence-corrected chi connectivity index (χ4v) is 2.78. The summed E-state index contributed by atoms with van der Waals surface area (Å²) in [6.45, 7) is 6.97. The van der Waals surface area contributed by atoms with E-state index in [1.54, 1.807) is 7.11 Å². The van der Waals surface area contributed by atoms with E-state index < -0.39 is 5.60 Å². The second-order valence-electron chi connectivity index (χ2n) is 6.49. The summed E-state index contributed by atoms with van der Waals surface area (Å²) in [5.41, 5.74) is 0.776. The molecule has 116 valence electrons. The van der Waals surface area contributed by atoms with Crippen LogP contribution < -0.4 is 4.74 Å². The van der Waals surface area contributed by atoms with E-state index in [2.05, 4.69) is 17.0 Å². The number of hydrogen-bond acceptors (Lipinski definition) is 4. The van der Waals surface area contributed by atoms with Crippen molar-refractivity contribution in [2.75, 3.05) is 20.2 Å². The topological polar surface area (TPSA) is 38.8 Å². The standard InChI is InChI=1S/C17H25NO3/c1-17(2,3)21-16(19)12-18-10-6-9-15(18)13-7-5-8-14(11-13)20-4/h5,7-8,11,15H,6,9-10,12H2,1-4H3. The molecule has 21 heavy (non-hydrogen) atoms. The lowest BCUT2D eigenvalue weighted by Crippen LogP contribution is -2.34. The zero-order valence-electron chi connectivity index (χ0n) is 13.4. The molecular weight excluding hydrogens is 266 g/mol. The number of rotatable bonds is 4. The molecule has 4 nitrogen and oxygen atoms in total. The van der Waals surface area contributed by atoms with Crippen molar-refractivity contribution in [2.24, 2.45) is 0 Å². The van der Waals surface area contributed by atoms with Gasteiger partial charge in [-0.3, -0.25) is 9.69 Å². The number of likely N-dealkylation sites (tertiary alicyclic amines) is 1. The first-order chi connectivity index (χ1) is 9.89. The Hall–Kier alpha value is -1.55. The van der Waals surface area contributed by atoms with Crippen LogP contribution in [0.2, 0.25) is 0 Å². The molecule has 1 aliphatic heterocycles. The van der Waals surface area contributed by atoms with Crippen molar-refractivity contribution in [1.29, 1.82) is 0 Å². The van der Waals surface area contributed by atoms with Gasteiger partial charge in [0.15, 0.2) is 0 Å². The summed E-state index contributed by atoms with van der Waals surface area (Å²) in [5, 5.41) is 0. The summed E-state index contributed by atoms with van der Waals surface area (Å²) < 4.78 is 10.7. The summed E-state index contributed by atoms with van der Waals surface area (Å²) in [6.07, 6.45) is 2.17. The van der Waals surface area contributed by atoms with Crippen molar-refractivity contribution in [3.8, 4) is 5.75 Å². The van der Waals surface area contributed by atoms with Crippen LogP contribution in [0.25, 0.3) is 0 Å². The molecule has 0 saturated carbocycles. The van der Waals surface area contributed by atoms with Crippen molar-refractivity contribution in [1.82, 2.24) is 4.90 Å². The van der Waals surface area contributed by atoms with Gasteiger partial charge in [0.05, 0.1) is 13.7 Å².